The SMILES string of the molecule is CC(C(O)c1ccccc1)N(N)CC1CC1. The molecule has 1 fully saturated rings. The Balaban J connectivity index is 1.94. The Hall–Kier alpha value is -0.900. The fourth-order valence-corrected chi connectivity index (χ4v) is 1.87. The Morgan fingerprint density at radius 3 is 2.56 bits per heavy atom. The van der Waals surface area contributed by atoms with Crippen LogP contribution in [0.2, 0.25) is 0 Å². The lowest BCUT2D eigenvalue weighted by atomic mass is 10.0. The molecule has 2 rings (SSSR count). The third kappa shape index (κ3) is 2.82. The molecule has 1 aliphatic rings. The van der Waals surface area contributed by atoms with Crippen LogP contribution < -0.4 is 5.84 Å². The minimum Gasteiger partial charge on any atom is -0.387 e. The van der Waals surface area contributed by atoms with Crippen LogP contribution in [0.3, 0.4) is 0 Å². The molecule has 1 aromatic carbocycles. The van der Waals surface area contributed by atoms with Gasteiger partial charge in [0.25, 0.3) is 0 Å². The number of aliphatic hydroxyl groups excluding tert-OH is 1. The minimum atomic E-state index is -0.509. The lowest BCUT2D eigenvalue weighted by molar-refractivity contribution is 0.0549. The van der Waals surface area contributed by atoms with Crippen LogP contribution in [0.1, 0.15) is 31.4 Å². The maximum absolute atomic E-state index is 10.2. The van der Waals surface area contributed by atoms with E-state index in [0.29, 0.717) is 0 Å². The van der Waals surface area contributed by atoms with Gasteiger partial charge in [0.05, 0.1) is 12.1 Å². The van der Waals surface area contributed by atoms with Crippen LogP contribution in [0.15, 0.2) is 30.3 Å². The maximum atomic E-state index is 10.2. The molecule has 0 heterocycles. The summed E-state index contributed by atoms with van der Waals surface area (Å²) in [4.78, 5) is 0. The molecule has 3 nitrogen and oxygen atoms in total. The molecular weight excluding hydrogens is 200 g/mol. The van der Waals surface area contributed by atoms with Crippen molar-refractivity contribution in [1.82, 2.24) is 5.01 Å². The van der Waals surface area contributed by atoms with E-state index in [-0.39, 0.29) is 6.04 Å². The van der Waals surface area contributed by atoms with Crippen LogP contribution >= 0.6 is 0 Å². The topological polar surface area (TPSA) is 49.5 Å². The van der Waals surface area contributed by atoms with E-state index in [9.17, 15) is 5.11 Å². The van der Waals surface area contributed by atoms with Crippen molar-refractivity contribution in [1.29, 1.82) is 0 Å². The molecule has 16 heavy (non-hydrogen) atoms. The second kappa shape index (κ2) is 4.95. The summed E-state index contributed by atoms with van der Waals surface area (Å²) in [6, 6.07) is 9.66. The standard InChI is InChI=1S/C13H20N2O/c1-10(15(14)9-11-7-8-11)13(16)12-5-3-2-4-6-12/h2-6,10-11,13,16H,7-9,14H2,1H3. The third-order valence-electron chi connectivity index (χ3n) is 3.29. The van der Waals surface area contributed by atoms with Crippen LogP contribution in [0.4, 0.5) is 0 Å². The quantitative estimate of drug-likeness (QED) is 0.586. The zero-order valence-corrected chi connectivity index (χ0v) is 9.71. The number of nitrogens with two attached hydrogens (primary N) is 1. The second-order valence-corrected chi connectivity index (χ2v) is 4.74. The van der Waals surface area contributed by atoms with Crippen LogP contribution in [-0.2, 0) is 0 Å². The van der Waals surface area contributed by atoms with Crippen molar-refractivity contribution in [2.45, 2.75) is 31.9 Å². The van der Waals surface area contributed by atoms with Gasteiger partial charge in [0.1, 0.15) is 0 Å². The van der Waals surface area contributed by atoms with Crippen molar-refractivity contribution >= 4 is 0 Å². The largest absolute Gasteiger partial charge is 0.387 e. The van der Waals surface area contributed by atoms with Gasteiger partial charge >= 0.3 is 0 Å². The Bertz CT molecular complexity index is 324. The van der Waals surface area contributed by atoms with Gasteiger partial charge in [-0.1, -0.05) is 30.3 Å². The minimum absolute atomic E-state index is 0.0389. The van der Waals surface area contributed by atoms with Gasteiger partial charge in [-0.25, -0.2) is 5.01 Å². The number of benzene rings is 1. The number of aliphatic hydroxyl groups is 1. The summed E-state index contributed by atoms with van der Waals surface area (Å²) in [6.45, 7) is 2.87. The zero-order valence-electron chi connectivity index (χ0n) is 9.71. The second-order valence-electron chi connectivity index (χ2n) is 4.74. The van der Waals surface area contributed by atoms with Crippen molar-refractivity contribution in [2.75, 3.05) is 6.54 Å². The van der Waals surface area contributed by atoms with Gasteiger partial charge in [-0.2, -0.15) is 0 Å². The molecule has 0 aliphatic heterocycles. The summed E-state index contributed by atoms with van der Waals surface area (Å²) in [7, 11) is 0. The number of nitrogens with zero attached hydrogens (tertiary/aromatic N) is 1. The van der Waals surface area contributed by atoms with Crippen molar-refractivity contribution < 1.29 is 5.11 Å². The first kappa shape index (κ1) is 11.6. The molecule has 0 aromatic heterocycles. The molecule has 0 saturated heterocycles. The molecule has 0 radical (unpaired) electrons. The predicted octanol–water partition coefficient (Wildman–Crippen LogP) is 1.69. The van der Waals surface area contributed by atoms with Crippen molar-refractivity contribution in [3.63, 3.8) is 0 Å². The summed E-state index contributed by atoms with van der Waals surface area (Å²) < 4.78 is 0. The van der Waals surface area contributed by atoms with E-state index in [1.807, 2.05) is 37.3 Å². The molecule has 3 heteroatoms. The first-order chi connectivity index (χ1) is 7.68. The molecule has 88 valence electrons. The van der Waals surface area contributed by atoms with Gasteiger partial charge < -0.3 is 5.11 Å². The normalized spacial score (nSPS) is 19.8. The van der Waals surface area contributed by atoms with E-state index in [1.165, 1.54) is 12.8 Å². The number of hydrazine groups is 1. The van der Waals surface area contributed by atoms with Crippen LogP contribution in [0.25, 0.3) is 0 Å². The summed E-state index contributed by atoms with van der Waals surface area (Å²) in [5, 5.41) is 11.9. The highest BCUT2D eigenvalue weighted by Crippen LogP contribution is 2.30. The van der Waals surface area contributed by atoms with E-state index in [4.69, 9.17) is 5.84 Å². The van der Waals surface area contributed by atoms with E-state index in [2.05, 4.69) is 0 Å². The molecule has 0 spiro atoms. The summed E-state index contributed by atoms with van der Waals surface area (Å²) in [5.41, 5.74) is 0.932. The van der Waals surface area contributed by atoms with Gasteiger partial charge in [-0.15, -0.1) is 0 Å². The molecule has 0 bridgehead atoms. The Morgan fingerprint density at radius 2 is 2.00 bits per heavy atom. The van der Waals surface area contributed by atoms with Crippen molar-refractivity contribution in [2.24, 2.45) is 11.8 Å². The number of hydrogen-bond acceptors (Lipinski definition) is 3. The zero-order chi connectivity index (χ0) is 11.5. The van der Waals surface area contributed by atoms with E-state index in [1.54, 1.807) is 5.01 Å². The average Bonchev–Trinajstić information content (AvgIpc) is 3.12. The van der Waals surface area contributed by atoms with Gasteiger partial charge in [-0.05, 0) is 31.2 Å². The molecule has 1 aliphatic carbocycles. The van der Waals surface area contributed by atoms with Crippen LogP contribution in [0, 0.1) is 5.92 Å². The van der Waals surface area contributed by atoms with Gasteiger partial charge in [-0.3, -0.25) is 5.84 Å². The van der Waals surface area contributed by atoms with E-state index >= 15 is 0 Å². The fourth-order valence-electron chi connectivity index (χ4n) is 1.87. The van der Waals surface area contributed by atoms with Crippen molar-refractivity contribution in [3.05, 3.63) is 35.9 Å². The van der Waals surface area contributed by atoms with Gasteiger partial charge in [0, 0.05) is 6.54 Å². The van der Waals surface area contributed by atoms with Gasteiger partial charge in [0.15, 0.2) is 0 Å². The predicted molar refractivity (Wildman–Crippen MR) is 64.5 cm³/mol. The lowest BCUT2D eigenvalue weighted by Crippen LogP contribution is -2.44. The Morgan fingerprint density at radius 1 is 1.38 bits per heavy atom. The van der Waals surface area contributed by atoms with Crippen molar-refractivity contribution in [3.8, 4) is 0 Å². The molecule has 2 unspecified atom stereocenters. The Labute approximate surface area is 96.8 Å². The average molecular weight is 220 g/mol. The first-order valence-corrected chi connectivity index (χ1v) is 5.93. The molecule has 1 aromatic rings. The number of hydrogen-bond donors (Lipinski definition) is 2. The van der Waals surface area contributed by atoms with Crippen LogP contribution in [0.5, 0.6) is 0 Å². The summed E-state index contributed by atoms with van der Waals surface area (Å²) >= 11 is 0. The highest BCUT2D eigenvalue weighted by Gasteiger charge is 2.28. The highest BCUT2D eigenvalue weighted by molar-refractivity contribution is 5.18. The molecule has 1 saturated carbocycles. The van der Waals surface area contributed by atoms with Crippen LogP contribution in [-0.4, -0.2) is 22.7 Å². The smallest absolute Gasteiger partial charge is 0.0956 e. The highest BCUT2D eigenvalue weighted by atomic mass is 16.3. The van der Waals surface area contributed by atoms with Gasteiger partial charge in [0.2, 0.25) is 0 Å². The monoisotopic (exact) mass is 220 g/mol. The van der Waals surface area contributed by atoms with E-state index < -0.39 is 6.10 Å². The molecule has 3 N–H and O–H groups in total. The summed E-state index contributed by atoms with van der Waals surface area (Å²) in [5.74, 6) is 6.72. The molecular formula is C13H20N2O. The fraction of sp³-hybridized carbons (Fsp3) is 0.538. The van der Waals surface area contributed by atoms with E-state index in [0.717, 1.165) is 18.0 Å². The number of rotatable bonds is 5. The third-order valence-corrected chi connectivity index (χ3v) is 3.29. The molecule has 0 amide bonds. The molecule has 2 atom stereocenters. The lowest BCUT2D eigenvalue weighted by Gasteiger charge is -2.28. The Kier molecular flexibility index (Phi) is 3.59. The maximum Gasteiger partial charge on any atom is 0.0956 e. The summed E-state index contributed by atoms with van der Waals surface area (Å²) in [6.07, 6.45) is 2.05. The first-order valence-electron chi connectivity index (χ1n) is 5.93.